The van der Waals surface area contributed by atoms with Crippen molar-refractivity contribution in [3.63, 3.8) is 0 Å². The van der Waals surface area contributed by atoms with Gasteiger partial charge in [0.1, 0.15) is 0 Å². The van der Waals surface area contributed by atoms with E-state index in [1.807, 2.05) is 6.07 Å². The largest absolute Gasteiger partial charge is 0.324 e. The van der Waals surface area contributed by atoms with Gasteiger partial charge in [-0.1, -0.05) is 43.4 Å². The first-order valence-corrected chi connectivity index (χ1v) is 9.98. The van der Waals surface area contributed by atoms with Crippen molar-refractivity contribution in [3.8, 4) is 0 Å². The van der Waals surface area contributed by atoms with E-state index >= 15 is 0 Å². The molecule has 2 aliphatic rings. The summed E-state index contributed by atoms with van der Waals surface area (Å²) in [4.78, 5) is 14.4. The van der Waals surface area contributed by atoms with Gasteiger partial charge in [0.2, 0.25) is 0 Å². The zero-order valence-corrected chi connectivity index (χ0v) is 14.7. The van der Waals surface area contributed by atoms with E-state index in [-0.39, 0.29) is 9.92 Å². The lowest BCUT2D eigenvalue weighted by Crippen LogP contribution is -2.33. The van der Waals surface area contributed by atoms with Crippen LogP contribution in [0.25, 0.3) is 0 Å². The Morgan fingerprint density at radius 1 is 1.00 bits per heavy atom. The maximum atomic E-state index is 10.9. The summed E-state index contributed by atoms with van der Waals surface area (Å²) in [6, 6.07) is 3.61. The summed E-state index contributed by atoms with van der Waals surface area (Å²) in [5.41, 5.74) is 0. The molecule has 1 aromatic rings. The van der Waals surface area contributed by atoms with Crippen molar-refractivity contribution >= 4 is 16.3 Å². The van der Waals surface area contributed by atoms with Gasteiger partial charge in [-0.3, -0.25) is 15.0 Å². The summed E-state index contributed by atoms with van der Waals surface area (Å²) in [6.07, 6.45) is 12.4. The molecule has 128 valence electrons. The average molecular weight is 337 g/mol. The van der Waals surface area contributed by atoms with Crippen LogP contribution in [0.15, 0.2) is 12.1 Å². The molecule has 23 heavy (non-hydrogen) atoms. The van der Waals surface area contributed by atoms with E-state index in [1.54, 1.807) is 6.07 Å². The molecule has 0 bridgehead atoms. The second-order valence-corrected chi connectivity index (χ2v) is 8.49. The summed E-state index contributed by atoms with van der Waals surface area (Å²) in [5, 5.41) is 11.2. The molecule has 0 atom stereocenters. The van der Waals surface area contributed by atoms with Gasteiger partial charge in [0.25, 0.3) is 0 Å². The van der Waals surface area contributed by atoms with Gasteiger partial charge in [0, 0.05) is 30.6 Å². The number of hydrogen-bond donors (Lipinski definition) is 0. The highest BCUT2D eigenvalue weighted by atomic mass is 32.1. The highest BCUT2D eigenvalue weighted by Crippen LogP contribution is 2.31. The van der Waals surface area contributed by atoms with Crippen molar-refractivity contribution in [3.05, 3.63) is 27.1 Å². The molecule has 3 rings (SSSR count). The van der Waals surface area contributed by atoms with Crippen LogP contribution < -0.4 is 0 Å². The first-order valence-electron chi connectivity index (χ1n) is 9.16. The molecular formula is C18H28N2O2S. The number of nitrogens with zero attached hydrogens (tertiary/aromatic N) is 2. The molecule has 0 N–H and O–H groups in total. The monoisotopic (exact) mass is 336 g/mol. The summed E-state index contributed by atoms with van der Waals surface area (Å²) in [7, 11) is 0. The summed E-state index contributed by atoms with van der Waals surface area (Å²) in [5.74, 6) is 1.67. The molecule has 2 saturated carbocycles. The van der Waals surface area contributed by atoms with Crippen LogP contribution in [0.4, 0.5) is 5.00 Å². The van der Waals surface area contributed by atoms with Gasteiger partial charge in [-0.15, -0.1) is 0 Å². The minimum absolute atomic E-state index is 0.267. The van der Waals surface area contributed by atoms with E-state index in [1.165, 1.54) is 82.2 Å². The second kappa shape index (κ2) is 8.25. The van der Waals surface area contributed by atoms with E-state index in [0.29, 0.717) is 0 Å². The number of nitro groups is 1. The smallest absolute Gasteiger partial charge is 0.298 e. The predicted octanol–water partition coefficient (Wildman–Crippen LogP) is 5.23. The molecule has 4 nitrogen and oxygen atoms in total. The topological polar surface area (TPSA) is 46.4 Å². The van der Waals surface area contributed by atoms with Gasteiger partial charge in [0.05, 0.1) is 4.92 Å². The Kier molecular flexibility index (Phi) is 6.06. The fraction of sp³-hybridized carbons (Fsp3) is 0.778. The second-order valence-electron chi connectivity index (χ2n) is 7.35. The summed E-state index contributed by atoms with van der Waals surface area (Å²) >= 11 is 1.35. The Morgan fingerprint density at radius 3 is 2.09 bits per heavy atom. The van der Waals surface area contributed by atoms with Crippen molar-refractivity contribution in [1.29, 1.82) is 0 Å². The zero-order valence-electron chi connectivity index (χ0n) is 13.9. The Bertz CT molecular complexity index is 505. The third-order valence-corrected chi connectivity index (χ3v) is 6.46. The number of thiophene rings is 1. The molecule has 0 saturated heterocycles. The first kappa shape index (κ1) is 16.9. The lowest BCUT2D eigenvalue weighted by atomic mass is 9.88. The van der Waals surface area contributed by atoms with Gasteiger partial charge in [-0.05, 0) is 43.6 Å². The molecule has 0 unspecified atom stereocenters. The van der Waals surface area contributed by atoms with Crippen LogP contribution in [-0.2, 0) is 6.54 Å². The predicted molar refractivity (Wildman–Crippen MR) is 94.8 cm³/mol. The van der Waals surface area contributed by atoms with Crippen LogP contribution in [0, 0.1) is 22.0 Å². The van der Waals surface area contributed by atoms with Gasteiger partial charge >= 0.3 is 5.00 Å². The van der Waals surface area contributed by atoms with Crippen molar-refractivity contribution < 1.29 is 4.92 Å². The Labute approximate surface area is 143 Å². The zero-order chi connectivity index (χ0) is 16.1. The molecule has 1 heterocycles. The molecule has 0 aliphatic heterocycles. The SMILES string of the molecule is O=[N+]([O-])c1ccc(CN(CC2CCCCC2)CC2CCCC2)s1. The van der Waals surface area contributed by atoms with Gasteiger partial charge < -0.3 is 0 Å². The molecule has 0 spiro atoms. The molecule has 0 aromatic carbocycles. The Morgan fingerprint density at radius 2 is 1.57 bits per heavy atom. The van der Waals surface area contributed by atoms with Gasteiger partial charge in [-0.2, -0.15) is 0 Å². The van der Waals surface area contributed by atoms with E-state index in [9.17, 15) is 10.1 Å². The maximum Gasteiger partial charge on any atom is 0.324 e. The molecule has 0 radical (unpaired) electrons. The van der Waals surface area contributed by atoms with Crippen LogP contribution in [-0.4, -0.2) is 22.9 Å². The van der Waals surface area contributed by atoms with Crippen LogP contribution in [0.3, 0.4) is 0 Å². The van der Waals surface area contributed by atoms with Crippen LogP contribution in [0.1, 0.15) is 62.7 Å². The Balaban J connectivity index is 1.61. The van der Waals surface area contributed by atoms with Crippen molar-refractivity contribution in [2.45, 2.75) is 64.3 Å². The maximum absolute atomic E-state index is 10.9. The Hall–Kier alpha value is -0.940. The fourth-order valence-corrected chi connectivity index (χ4v) is 5.13. The minimum atomic E-state index is -0.267. The quantitative estimate of drug-likeness (QED) is 0.506. The first-order chi connectivity index (χ1) is 11.2. The minimum Gasteiger partial charge on any atom is -0.298 e. The van der Waals surface area contributed by atoms with Gasteiger partial charge in [0.15, 0.2) is 0 Å². The third-order valence-electron chi connectivity index (χ3n) is 5.44. The molecule has 5 heteroatoms. The van der Waals surface area contributed by atoms with Gasteiger partial charge in [-0.25, -0.2) is 0 Å². The fourth-order valence-electron chi connectivity index (χ4n) is 4.27. The van der Waals surface area contributed by atoms with E-state index in [2.05, 4.69) is 4.90 Å². The third kappa shape index (κ3) is 5.01. The highest BCUT2D eigenvalue weighted by Gasteiger charge is 2.23. The summed E-state index contributed by atoms with van der Waals surface area (Å²) in [6.45, 7) is 3.26. The molecular weight excluding hydrogens is 308 g/mol. The van der Waals surface area contributed by atoms with E-state index < -0.39 is 0 Å². The molecule has 2 fully saturated rings. The number of hydrogen-bond acceptors (Lipinski definition) is 4. The van der Waals surface area contributed by atoms with Crippen molar-refractivity contribution in [2.24, 2.45) is 11.8 Å². The molecule has 2 aliphatic carbocycles. The normalized spacial score (nSPS) is 20.4. The molecule has 0 amide bonds. The average Bonchev–Trinajstić information content (AvgIpc) is 3.20. The molecule has 1 aromatic heterocycles. The van der Waals surface area contributed by atoms with E-state index in [0.717, 1.165) is 23.3 Å². The lowest BCUT2D eigenvalue weighted by molar-refractivity contribution is -0.380. The standard InChI is InChI=1S/C18H28N2O2S/c21-20(22)18-11-10-17(23-18)14-19(13-16-8-4-5-9-16)12-15-6-2-1-3-7-15/h10-11,15-16H,1-9,12-14H2. The highest BCUT2D eigenvalue weighted by molar-refractivity contribution is 7.15. The van der Waals surface area contributed by atoms with Crippen LogP contribution >= 0.6 is 11.3 Å². The lowest BCUT2D eigenvalue weighted by Gasteiger charge is -2.31. The van der Waals surface area contributed by atoms with E-state index in [4.69, 9.17) is 0 Å². The van der Waals surface area contributed by atoms with Crippen LogP contribution in [0.2, 0.25) is 0 Å². The van der Waals surface area contributed by atoms with Crippen LogP contribution in [0.5, 0.6) is 0 Å². The van der Waals surface area contributed by atoms with Crippen molar-refractivity contribution in [2.75, 3.05) is 13.1 Å². The summed E-state index contributed by atoms with van der Waals surface area (Å²) < 4.78 is 0. The van der Waals surface area contributed by atoms with Crippen molar-refractivity contribution in [1.82, 2.24) is 4.90 Å². The number of rotatable bonds is 7.